The summed E-state index contributed by atoms with van der Waals surface area (Å²) >= 11 is 3.91. The summed E-state index contributed by atoms with van der Waals surface area (Å²) in [6.45, 7) is 6.82. The lowest BCUT2D eigenvalue weighted by molar-refractivity contribution is 0.453. The van der Waals surface area contributed by atoms with Crippen LogP contribution in [-0.4, -0.2) is 4.32 Å². The zero-order chi connectivity index (χ0) is 9.45. The Hall–Kier alpha value is 0.480. The van der Waals surface area contributed by atoms with E-state index in [-0.39, 0.29) is 0 Å². The Morgan fingerprint density at radius 2 is 1.33 bits per heavy atom. The number of hydrogen-bond donors (Lipinski definition) is 0. The third-order valence-electron chi connectivity index (χ3n) is 2.37. The van der Waals surface area contributed by atoms with Crippen LogP contribution in [0, 0.1) is 0 Å². The molecule has 0 nitrogen and oxygen atoms in total. The van der Waals surface area contributed by atoms with Crippen LogP contribution < -0.4 is 0 Å². The molecule has 0 aliphatic rings. The summed E-state index contributed by atoms with van der Waals surface area (Å²) < 4.78 is 0.465. The molecule has 0 bridgehead atoms. The minimum atomic E-state index is 0.465. The van der Waals surface area contributed by atoms with Gasteiger partial charge >= 0.3 is 0 Å². The van der Waals surface area contributed by atoms with Crippen molar-refractivity contribution < 1.29 is 0 Å². The summed E-state index contributed by atoms with van der Waals surface area (Å²) in [4.78, 5) is 0. The molecular weight excluding hydrogens is 212 g/mol. The summed E-state index contributed by atoms with van der Waals surface area (Å²) in [7, 11) is 0. The molecule has 0 saturated heterocycles. The van der Waals surface area contributed by atoms with Gasteiger partial charge in [-0.25, -0.2) is 0 Å². The van der Waals surface area contributed by atoms with Gasteiger partial charge in [-0.05, 0) is 19.3 Å². The Bertz CT molecular complexity index is 93.2. The zero-order valence-electron chi connectivity index (χ0n) is 8.83. The van der Waals surface area contributed by atoms with Crippen LogP contribution in [0.4, 0.5) is 0 Å². The molecule has 0 atom stereocenters. The molecule has 1 heteroatoms. The average molecular weight is 235 g/mol. The molecule has 0 saturated carbocycles. The molecule has 0 aliphatic carbocycles. The monoisotopic (exact) mass is 234 g/mol. The predicted octanol–water partition coefficient (Wildman–Crippen LogP) is 4.91. The topological polar surface area (TPSA) is 0 Å². The van der Waals surface area contributed by atoms with Gasteiger partial charge in [0.2, 0.25) is 0 Å². The second kappa shape index (κ2) is 6.94. The van der Waals surface area contributed by atoms with Crippen LogP contribution in [0.25, 0.3) is 0 Å². The van der Waals surface area contributed by atoms with Crippen molar-refractivity contribution in [1.82, 2.24) is 0 Å². The van der Waals surface area contributed by atoms with Crippen LogP contribution in [0.3, 0.4) is 0 Å². The van der Waals surface area contributed by atoms with Crippen molar-refractivity contribution in [2.45, 2.75) is 70.0 Å². The van der Waals surface area contributed by atoms with Gasteiger partial charge in [-0.2, -0.15) is 0 Å². The highest BCUT2D eigenvalue weighted by molar-refractivity contribution is 9.10. The fourth-order valence-corrected chi connectivity index (χ4v) is 2.84. The lowest BCUT2D eigenvalue weighted by Crippen LogP contribution is -2.19. The normalized spacial score (nSPS) is 12.0. The van der Waals surface area contributed by atoms with E-state index in [9.17, 15) is 0 Å². The smallest absolute Gasteiger partial charge is 0.0257 e. The van der Waals surface area contributed by atoms with Crippen LogP contribution in [0.5, 0.6) is 0 Å². The minimum Gasteiger partial charge on any atom is -0.0853 e. The highest BCUT2D eigenvalue weighted by Gasteiger charge is 2.23. The first-order valence-electron chi connectivity index (χ1n) is 5.37. The lowest BCUT2D eigenvalue weighted by atomic mass is 9.92. The van der Waals surface area contributed by atoms with E-state index in [1.165, 1.54) is 44.9 Å². The fourth-order valence-electron chi connectivity index (χ4n) is 1.76. The van der Waals surface area contributed by atoms with E-state index >= 15 is 0 Å². The van der Waals surface area contributed by atoms with E-state index in [4.69, 9.17) is 0 Å². The number of hydrogen-bond acceptors (Lipinski definition) is 0. The Morgan fingerprint density at radius 1 is 0.833 bits per heavy atom. The molecule has 12 heavy (non-hydrogen) atoms. The molecule has 0 aliphatic heterocycles. The quantitative estimate of drug-likeness (QED) is 0.550. The van der Waals surface area contributed by atoms with Gasteiger partial charge < -0.3 is 0 Å². The largest absolute Gasteiger partial charge is 0.0853 e. The molecule has 0 rings (SSSR count). The third-order valence-corrected chi connectivity index (χ3v) is 3.56. The van der Waals surface area contributed by atoms with E-state index in [1.807, 2.05) is 0 Å². The van der Waals surface area contributed by atoms with Gasteiger partial charge in [-0.1, -0.05) is 62.4 Å². The molecule has 0 spiro atoms. The van der Waals surface area contributed by atoms with Gasteiger partial charge in [0.25, 0.3) is 0 Å². The number of alkyl halides is 1. The maximum absolute atomic E-state index is 3.91. The molecule has 74 valence electrons. The SMILES string of the molecule is CCCCC(Br)(CCC)CCC. The van der Waals surface area contributed by atoms with Gasteiger partial charge in [0.1, 0.15) is 0 Å². The third kappa shape index (κ3) is 5.18. The van der Waals surface area contributed by atoms with E-state index in [2.05, 4.69) is 36.7 Å². The summed E-state index contributed by atoms with van der Waals surface area (Å²) in [5.41, 5.74) is 0. The predicted molar refractivity (Wildman–Crippen MR) is 61.0 cm³/mol. The standard InChI is InChI=1S/C11H23Br/c1-4-7-10-11(12,8-5-2)9-6-3/h4-10H2,1-3H3. The summed E-state index contributed by atoms with van der Waals surface area (Å²) in [6, 6.07) is 0. The lowest BCUT2D eigenvalue weighted by Gasteiger charge is -2.26. The van der Waals surface area contributed by atoms with Gasteiger partial charge in [0.15, 0.2) is 0 Å². The molecule has 0 radical (unpaired) electrons. The highest BCUT2D eigenvalue weighted by atomic mass is 79.9. The molecule has 0 unspecified atom stereocenters. The van der Waals surface area contributed by atoms with Crippen molar-refractivity contribution in [2.24, 2.45) is 0 Å². The summed E-state index contributed by atoms with van der Waals surface area (Å²) in [6.07, 6.45) is 9.31. The van der Waals surface area contributed by atoms with Crippen LogP contribution in [0.2, 0.25) is 0 Å². The number of rotatable bonds is 7. The Kier molecular flexibility index (Phi) is 7.22. The molecule has 0 N–H and O–H groups in total. The highest BCUT2D eigenvalue weighted by Crippen LogP contribution is 2.34. The first kappa shape index (κ1) is 12.5. The van der Waals surface area contributed by atoms with Gasteiger partial charge in [0.05, 0.1) is 0 Å². The first-order valence-corrected chi connectivity index (χ1v) is 6.16. The second-order valence-electron chi connectivity index (χ2n) is 3.75. The van der Waals surface area contributed by atoms with E-state index < -0.39 is 0 Å². The molecule has 0 heterocycles. The second-order valence-corrected chi connectivity index (χ2v) is 5.44. The zero-order valence-corrected chi connectivity index (χ0v) is 10.4. The molecule has 0 fully saturated rings. The maximum Gasteiger partial charge on any atom is 0.0257 e. The Morgan fingerprint density at radius 3 is 1.67 bits per heavy atom. The van der Waals surface area contributed by atoms with Gasteiger partial charge in [-0.3, -0.25) is 0 Å². The van der Waals surface area contributed by atoms with Crippen molar-refractivity contribution in [3.8, 4) is 0 Å². The average Bonchev–Trinajstić information content (AvgIpc) is 2.02. The first-order chi connectivity index (χ1) is 5.68. The van der Waals surface area contributed by atoms with Crippen LogP contribution in [0.1, 0.15) is 65.7 Å². The van der Waals surface area contributed by atoms with Crippen molar-refractivity contribution in [2.75, 3.05) is 0 Å². The summed E-state index contributed by atoms with van der Waals surface area (Å²) in [5, 5.41) is 0. The van der Waals surface area contributed by atoms with E-state index in [1.54, 1.807) is 0 Å². The fraction of sp³-hybridized carbons (Fsp3) is 1.00. The van der Waals surface area contributed by atoms with Crippen molar-refractivity contribution >= 4 is 15.9 Å². The van der Waals surface area contributed by atoms with Gasteiger partial charge in [0, 0.05) is 4.32 Å². The van der Waals surface area contributed by atoms with Crippen LogP contribution in [-0.2, 0) is 0 Å². The molecule has 0 amide bonds. The van der Waals surface area contributed by atoms with Gasteiger partial charge in [-0.15, -0.1) is 0 Å². The molecule has 0 aromatic rings. The van der Waals surface area contributed by atoms with E-state index in [0.29, 0.717) is 4.32 Å². The van der Waals surface area contributed by atoms with Crippen molar-refractivity contribution in [3.63, 3.8) is 0 Å². The number of halogens is 1. The minimum absolute atomic E-state index is 0.465. The molecule has 0 aromatic heterocycles. The van der Waals surface area contributed by atoms with Crippen LogP contribution >= 0.6 is 15.9 Å². The van der Waals surface area contributed by atoms with Crippen molar-refractivity contribution in [1.29, 1.82) is 0 Å². The Balaban J connectivity index is 3.80. The molecule has 0 aromatic carbocycles. The van der Waals surface area contributed by atoms with E-state index in [0.717, 1.165) is 0 Å². The summed E-state index contributed by atoms with van der Waals surface area (Å²) in [5.74, 6) is 0. The molecular formula is C11H23Br. The van der Waals surface area contributed by atoms with Crippen LogP contribution in [0.15, 0.2) is 0 Å². The maximum atomic E-state index is 3.91. The van der Waals surface area contributed by atoms with Crippen molar-refractivity contribution in [3.05, 3.63) is 0 Å². The number of unbranched alkanes of at least 4 members (excludes halogenated alkanes) is 1. The Labute approximate surface area is 86.3 Å².